The standard InChI is InChI=1S/C13H20N2O5/c1-4-12(16)15(6-5-7-18-2)8-11-14-10(9-20-11)13(17)19-3/h9H,4-8H2,1-3H3. The Hall–Kier alpha value is -1.89. The molecule has 1 rings (SSSR count). The number of carbonyl (C=O) groups is 2. The van der Waals surface area contributed by atoms with Crippen molar-refractivity contribution in [2.24, 2.45) is 0 Å². The van der Waals surface area contributed by atoms with E-state index in [1.165, 1.54) is 13.4 Å². The lowest BCUT2D eigenvalue weighted by Gasteiger charge is -2.20. The first kappa shape index (κ1) is 16.2. The van der Waals surface area contributed by atoms with E-state index in [4.69, 9.17) is 9.15 Å². The fourth-order valence-corrected chi connectivity index (χ4v) is 1.66. The lowest BCUT2D eigenvalue weighted by molar-refractivity contribution is -0.132. The lowest BCUT2D eigenvalue weighted by Crippen LogP contribution is -2.31. The zero-order chi connectivity index (χ0) is 15.0. The fourth-order valence-electron chi connectivity index (χ4n) is 1.66. The molecule has 1 amide bonds. The van der Waals surface area contributed by atoms with E-state index in [9.17, 15) is 9.59 Å². The van der Waals surface area contributed by atoms with Gasteiger partial charge in [-0.15, -0.1) is 0 Å². The number of aromatic nitrogens is 1. The summed E-state index contributed by atoms with van der Waals surface area (Å²) in [6.07, 6.45) is 2.36. The molecule has 0 saturated heterocycles. The Morgan fingerprint density at radius 2 is 2.15 bits per heavy atom. The highest BCUT2D eigenvalue weighted by molar-refractivity contribution is 5.86. The number of nitrogens with zero attached hydrogens (tertiary/aromatic N) is 2. The molecule has 0 bridgehead atoms. The zero-order valence-corrected chi connectivity index (χ0v) is 12.0. The van der Waals surface area contributed by atoms with Gasteiger partial charge in [0.25, 0.3) is 0 Å². The van der Waals surface area contributed by atoms with Gasteiger partial charge in [0.15, 0.2) is 5.69 Å². The Morgan fingerprint density at radius 3 is 2.75 bits per heavy atom. The van der Waals surface area contributed by atoms with Crippen molar-refractivity contribution < 1.29 is 23.5 Å². The van der Waals surface area contributed by atoms with Gasteiger partial charge >= 0.3 is 5.97 Å². The van der Waals surface area contributed by atoms with Crippen molar-refractivity contribution in [2.75, 3.05) is 27.4 Å². The van der Waals surface area contributed by atoms with Gasteiger partial charge in [-0.1, -0.05) is 6.92 Å². The van der Waals surface area contributed by atoms with Crippen molar-refractivity contribution in [1.82, 2.24) is 9.88 Å². The van der Waals surface area contributed by atoms with Gasteiger partial charge in [0.1, 0.15) is 6.26 Å². The van der Waals surface area contributed by atoms with Crippen LogP contribution in [0.3, 0.4) is 0 Å². The van der Waals surface area contributed by atoms with Crippen LogP contribution in [0.25, 0.3) is 0 Å². The van der Waals surface area contributed by atoms with Gasteiger partial charge in [0.2, 0.25) is 11.8 Å². The lowest BCUT2D eigenvalue weighted by atomic mass is 10.3. The number of methoxy groups -OCH3 is 2. The Labute approximate surface area is 117 Å². The summed E-state index contributed by atoms with van der Waals surface area (Å²) < 4.78 is 14.7. The number of hydrogen-bond acceptors (Lipinski definition) is 6. The topological polar surface area (TPSA) is 81.9 Å². The summed E-state index contributed by atoms with van der Waals surface area (Å²) >= 11 is 0. The third-order valence-electron chi connectivity index (χ3n) is 2.70. The van der Waals surface area contributed by atoms with E-state index >= 15 is 0 Å². The summed E-state index contributed by atoms with van der Waals surface area (Å²) in [6.45, 7) is 3.15. The minimum atomic E-state index is -0.562. The highest BCUT2D eigenvalue weighted by Gasteiger charge is 2.17. The Bertz CT molecular complexity index is 444. The highest BCUT2D eigenvalue weighted by atomic mass is 16.5. The minimum absolute atomic E-state index is 0.000999. The molecule has 7 heteroatoms. The van der Waals surface area contributed by atoms with Crippen molar-refractivity contribution in [3.63, 3.8) is 0 Å². The first-order valence-corrected chi connectivity index (χ1v) is 6.41. The second-order valence-corrected chi connectivity index (χ2v) is 4.13. The predicted molar refractivity (Wildman–Crippen MR) is 70.0 cm³/mol. The number of esters is 1. The van der Waals surface area contributed by atoms with Crippen LogP contribution in [0, 0.1) is 0 Å². The second-order valence-electron chi connectivity index (χ2n) is 4.13. The van der Waals surface area contributed by atoms with Gasteiger partial charge in [-0.2, -0.15) is 0 Å². The molecule has 0 saturated carbocycles. The van der Waals surface area contributed by atoms with E-state index in [0.29, 0.717) is 25.5 Å². The van der Waals surface area contributed by atoms with E-state index in [-0.39, 0.29) is 18.1 Å². The number of hydrogen-bond donors (Lipinski definition) is 0. The molecule has 0 aromatic carbocycles. The molecule has 1 heterocycles. The molecule has 0 aliphatic rings. The first-order valence-electron chi connectivity index (χ1n) is 6.41. The van der Waals surface area contributed by atoms with Crippen LogP contribution in [0.1, 0.15) is 36.1 Å². The molecule has 0 unspecified atom stereocenters. The maximum absolute atomic E-state index is 11.8. The van der Waals surface area contributed by atoms with Gasteiger partial charge in [-0.25, -0.2) is 9.78 Å². The molecule has 0 aliphatic heterocycles. The van der Waals surface area contributed by atoms with Crippen molar-refractivity contribution >= 4 is 11.9 Å². The molecule has 112 valence electrons. The van der Waals surface area contributed by atoms with Crippen molar-refractivity contribution in [2.45, 2.75) is 26.3 Å². The zero-order valence-electron chi connectivity index (χ0n) is 12.0. The van der Waals surface area contributed by atoms with Crippen LogP contribution in [0.2, 0.25) is 0 Å². The quantitative estimate of drug-likeness (QED) is 0.527. The number of ether oxygens (including phenoxy) is 2. The van der Waals surface area contributed by atoms with Gasteiger partial charge in [-0.3, -0.25) is 4.79 Å². The molecule has 0 atom stereocenters. The fraction of sp³-hybridized carbons (Fsp3) is 0.615. The van der Waals surface area contributed by atoms with E-state index in [2.05, 4.69) is 9.72 Å². The van der Waals surface area contributed by atoms with E-state index in [1.54, 1.807) is 18.9 Å². The molecule has 20 heavy (non-hydrogen) atoms. The normalized spacial score (nSPS) is 10.3. The van der Waals surface area contributed by atoms with Crippen LogP contribution >= 0.6 is 0 Å². The molecular weight excluding hydrogens is 264 g/mol. The summed E-state index contributed by atoms with van der Waals surface area (Å²) in [5.41, 5.74) is 0.100. The largest absolute Gasteiger partial charge is 0.464 e. The molecule has 7 nitrogen and oxygen atoms in total. The second kappa shape index (κ2) is 8.31. The smallest absolute Gasteiger partial charge is 0.360 e. The van der Waals surface area contributed by atoms with Crippen molar-refractivity contribution in [1.29, 1.82) is 0 Å². The Morgan fingerprint density at radius 1 is 1.40 bits per heavy atom. The first-order chi connectivity index (χ1) is 9.62. The molecule has 1 aromatic rings. The van der Waals surface area contributed by atoms with Gasteiger partial charge in [-0.05, 0) is 6.42 Å². The van der Waals surface area contributed by atoms with Crippen LogP contribution in [-0.4, -0.2) is 49.1 Å². The monoisotopic (exact) mass is 284 g/mol. The van der Waals surface area contributed by atoms with E-state index in [1.807, 2.05) is 0 Å². The SMILES string of the molecule is CCC(=O)N(CCCOC)Cc1nc(C(=O)OC)co1. The summed E-state index contributed by atoms with van der Waals surface area (Å²) in [5.74, 6) is -0.253. The molecule has 0 fully saturated rings. The van der Waals surface area contributed by atoms with Gasteiger partial charge < -0.3 is 18.8 Å². The summed E-state index contributed by atoms with van der Waals surface area (Å²) in [6, 6.07) is 0. The van der Waals surface area contributed by atoms with Crippen molar-refractivity contribution in [3.8, 4) is 0 Å². The number of oxazole rings is 1. The van der Waals surface area contributed by atoms with Crippen molar-refractivity contribution in [3.05, 3.63) is 17.8 Å². The average molecular weight is 284 g/mol. The molecular formula is C13H20N2O5. The van der Waals surface area contributed by atoms with E-state index < -0.39 is 5.97 Å². The van der Waals surface area contributed by atoms with Gasteiger partial charge in [0.05, 0.1) is 13.7 Å². The number of carbonyl (C=O) groups excluding carboxylic acids is 2. The Balaban J connectivity index is 2.66. The van der Waals surface area contributed by atoms with E-state index in [0.717, 1.165) is 6.42 Å². The van der Waals surface area contributed by atoms with Crippen LogP contribution in [0.4, 0.5) is 0 Å². The maximum Gasteiger partial charge on any atom is 0.360 e. The van der Waals surface area contributed by atoms with Crippen LogP contribution in [0.5, 0.6) is 0 Å². The van der Waals surface area contributed by atoms with Crippen LogP contribution < -0.4 is 0 Å². The molecule has 0 radical (unpaired) electrons. The summed E-state index contributed by atoms with van der Waals surface area (Å²) in [7, 11) is 2.89. The maximum atomic E-state index is 11.8. The third kappa shape index (κ3) is 4.65. The van der Waals surface area contributed by atoms with Crippen LogP contribution in [0.15, 0.2) is 10.7 Å². The Kier molecular flexibility index (Phi) is 6.72. The molecule has 0 N–H and O–H groups in total. The third-order valence-corrected chi connectivity index (χ3v) is 2.70. The predicted octanol–water partition coefficient (Wildman–Crippen LogP) is 1.24. The molecule has 0 spiro atoms. The summed E-state index contributed by atoms with van der Waals surface area (Å²) in [4.78, 5) is 28.7. The average Bonchev–Trinajstić information content (AvgIpc) is 2.93. The number of amides is 1. The molecule has 0 aliphatic carbocycles. The van der Waals surface area contributed by atoms with Gasteiger partial charge in [0, 0.05) is 26.7 Å². The highest BCUT2D eigenvalue weighted by Crippen LogP contribution is 2.08. The summed E-state index contributed by atoms with van der Waals surface area (Å²) in [5, 5.41) is 0. The minimum Gasteiger partial charge on any atom is -0.464 e. The molecule has 1 aromatic heterocycles. The number of rotatable bonds is 8. The van der Waals surface area contributed by atoms with Crippen LogP contribution in [-0.2, 0) is 20.8 Å².